The number of thioether (sulfide) groups is 1. The Balaban J connectivity index is 2.06. The molecule has 0 aliphatic carbocycles. The number of benzene rings is 2. The Morgan fingerprint density at radius 1 is 1.03 bits per heavy atom. The number of terminal acetylenes is 1. The van der Waals surface area contributed by atoms with E-state index in [1.54, 1.807) is 30.3 Å². The number of aromatic nitrogens is 3. The fraction of sp³-hybridized carbons (Fsp3) is 0.227. The molecule has 1 heterocycles. The van der Waals surface area contributed by atoms with Crippen LogP contribution in [0.3, 0.4) is 0 Å². The van der Waals surface area contributed by atoms with Crippen molar-refractivity contribution in [1.82, 2.24) is 15.2 Å². The molecule has 0 radical (unpaired) electrons. The molecule has 3 aromatic rings. The van der Waals surface area contributed by atoms with Crippen molar-refractivity contribution in [3.05, 3.63) is 66.4 Å². The number of sulfone groups is 1. The quantitative estimate of drug-likeness (QED) is 0.399. The number of rotatable bonds is 8. The summed E-state index contributed by atoms with van der Waals surface area (Å²) in [4.78, 5) is 4.92. The SMILES string of the molecule is C#CCCC(CS(=O)(=O)c1ccccc1)c1nnc(SC)nc1-c1ccccc1. The molecular weight excluding hydrogens is 402 g/mol. The normalized spacial score (nSPS) is 12.3. The third kappa shape index (κ3) is 5.22. The lowest BCUT2D eigenvalue weighted by atomic mass is 9.97. The van der Waals surface area contributed by atoms with E-state index >= 15 is 0 Å². The van der Waals surface area contributed by atoms with Gasteiger partial charge in [0, 0.05) is 17.9 Å². The molecule has 3 rings (SSSR count). The average Bonchev–Trinajstić information content (AvgIpc) is 2.77. The zero-order valence-corrected chi connectivity index (χ0v) is 17.7. The third-order valence-electron chi connectivity index (χ3n) is 4.47. The van der Waals surface area contributed by atoms with Crippen LogP contribution in [-0.4, -0.2) is 35.6 Å². The van der Waals surface area contributed by atoms with Crippen LogP contribution >= 0.6 is 11.8 Å². The maximum atomic E-state index is 13.0. The second-order valence-electron chi connectivity index (χ2n) is 6.43. The first-order chi connectivity index (χ1) is 14.0. The van der Waals surface area contributed by atoms with Gasteiger partial charge < -0.3 is 0 Å². The maximum absolute atomic E-state index is 13.0. The van der Waals surface area contributed by atoms with Crippen LogP contribution in [0.4, 0.5) is 0 Å². The topological polar surface area (TPSA) is 72.8 Å². The summed E-state index contributed by atoms with van der Waals surface area (Å²) in [6.07, 6.45) is 8.27. The van der Waals surface area contributed by atoms with Crippen molar-refractivity contribution in [3.63, 3.8) is 0 Å². The van der Waals surface area contributed by atoms with Gasteiger partial charge in [-0.15, -0.1) is 17.4 Å². The first-order valence-corrected chi connectivity index (χ1v) is 12.0. The molecule has 0 fully saturated rings. The Labute approximate surface area is 175 Å². The van der Waals surface area contributed by atoms with Crippen molar-refractivity contribution in [2.75, 3.05) is 12.0 Å². The van der Waals surface area contributed by atoms with Crippen LogP contribution < -0.4 is 0 Å². The largest absolute Gasteiger partial charge is 0.224 e. The zero-order valence-electron chi connectivity index (χ0n) is 16.0. The van der Waals surface area contributed by atoms with E-state index in [1.165, 1.54) is 11.8 Å². The van der Waals surface area contributed by atoms with Gasteiger partial charge in [0.25, 0.3) is 0 Å². The highest BCUT2D eigenvalue weighted by Gasteiger charge is 2.27. The Hall–Kier alpha value is -2.69. The van der Waals surface area contributed by atoms with Crippen LogP contribution in [0.2, 0.25) is 0 Å². The molecule has 0 amide bonds. The summed E-state index contributed by atoms with van der Waals surface area (Å²) in [5.41, 5.74) is 2.08. The van der Waals surface area contributed by atoms with Gasteiger partial charge in [-0.3, -0.25) is 0 Å². The summed E-state index contributed by atoms with van der Waals surface area (Å²) in [6.45, 7) is 0. The molecule has 0 saturated heterocycles. The van der Waals surface area contributed by atoms with Crippen LogP contribution in [0, 0.1) is 12.3 Å². The van der Waals surface area contributed by atoms with Gasteiger partial charge in [-0.05, 0) is 24.8 Å². The molecule has 0 aliphatic heterocycles. The molecule has 29 heavy (non-hydrogen) atoms. The number of hydrogen-bond donors (Lipinski definition) is 0. The highest BCUT2D eigenvalue weighted by atomic mass is 32.2. The van der Waals surface area contributed by atoms with Crippen molar-refractivity contribution in [1.29, 1.82) is 0 Å². The van der Waals surface area contributed by atoms with E-state index < -0.39 is 15.8 Å². The number of hydrogen-bond acceptors (Lipinski definition) is 6. The van der Waals surface area contributed by atoms with Gasteiger partial charge >= 0.3 is 0 Å². The van der Waals surface area contributed by atoms with Gasteiger partial charge in [0.05, 0.1) is 22.0 Å². The summed E-state index contributed by atoms with van der Waals surface area (Å²) in [5, 5.41) is 9.10. The molecule has 0 N–H and O–H groups in total. The highest BCUT2D eigenvalue weighted by Crippen LogP contribution is 2.32. The lowest BCUT2D eigenvalue weighted by molar-refractivity contribution is 0.576. The Bertz CT molecular complexity index is 1100. The molecule has 1 unspecified atom stereocenters. The van der Waals surface area contributed by atoms with Crippen molar-refractivity contribution >= 4 is 21.6 Å². The zero-order chi connectivity index (χ0) is 20.7. The molecule has 7 heteroatoms. The molecule has 1 aromatic heterocycles. The van der Waals surface area contributed by atoms with Crippen LogP contribution in [0.5, 0.6) is 0 Å². The minimum atomic E-state index is -3.52. The van der Waals surface area contributed by atoms with E-state index in [2.05, 4.69) is 21.1 Å². The van der Waals surface area contributed by atoms with Crippen molar-refractivity contribution in [3.8, 4) is 23.6 Å². The summed E-state index contributed by atoms with van der Waals surface area (Å²) in [5.74, 6) is 2.09. The summed E-state index contributed by atoms with van der Waals surface area (Å²) in [6, 6.07) is 18.0. The van der Waals surface area contributed by atoms with E-state index in [4.69, 9.17) is 6.42 Å². The predicted molar refractivity (Wildman–Crippen MR) is 116 cm³/mol. The first kappa shape index (κ1) is 21.0. The predicted octanol–water partition coefficient (Wildman–Crippen LogP) is 4.23. The van der Waals surface area contributed by atoms with E-state index in [0.29, 0.717) is 29.4 Å². The molecular formula is C22H21N3O2S2. The van der Waals surface area contributed by atoms with Crippen LogP contribution in [0.25, 0.3) is 11.3 Å². The monoisotopic (exact) mass is 423 g/mol. The van der Waals surface area contributed by atoms with E-state index in [0.717, 1.165) is 5.56 Å². The Morgan fingerprint density at radius 2 is 1.69 bits per heavy atom. The summed E-state index contributed by atoms with van der Waals surface area (Å²) < 4.78 is 26.1. The average molecular weight is 424 g/mol. The van der Waals surface area contributed by atoms with Gasteiger partial charge in [-0.2, -0.15) is 5.10 Å². The molecule has 5 nitrogen and oxygen atoms in total. The van der Waals surface area contributed by atoms with Crippen molar-refractivity contribution in [2.24, 2.45) is 0 Å². The molecule has 0 saturated carbocycles. The van der Waals surface area contributed by atoms with E-state index in [-0.39, 0.29) is 10.6 Å². The van der Waals surface area contributed by atoms with E-state index in [1.807, 2.05) is 36.6 Å². The van der Waals surface area contributed by atoms with Crippen LogP contribution in [0.1, 0.15) is 24.5 Å². The van der Waals surface area contributed by atoms with Gasteiger partial charge in [0.2, 0.25) is 5.16 Å². The van der Waals surface area contributed by atoms with Gasteiger partial charge in [0.15, 0.2) is 9.84 Å². The standard InChI is InChI=1S/C22H21N3O2S2/c1-3-4-11-18(16-29(26,27)19-14-9-6-10-15-19)21-20(17-12-7-5-8-13-17)23-22(28-2)25-24-21/h1,5-10,12-15,18H,4,11,16H2,2H3. The van der Waals surface area contributed by atoms with Crippen LogP contribution in [-0.2, 0) is 9.84 Å². The summed E-state index contributed by atoms with van der Waals surface area (Å²) >= 11 is 1.39. The third-order valence-corrected chi connectivity index (χ3v) is 6.84. The fourth-order valence-electron chi connectivity index (χ4n) is 3.03. The second-order valence-corrected chi connectivity index (χ2v) is 9.24. The lowest BCUT2D eigenvalue weighted by Crippen LogP contribution is -2.18. The maximum Gasteiger partial charge on any atom is 0.209 e. The first-order valence-electron chi connectivity index (χ1n) is 9.10. The minimum absolute atomic E-state index is 0.104. The molecule has 1 atom stereocenters. The second kappa shape index (κ2) is 9.68. The highest BCUT2D eigenvalue weighted by molar-refractivity contribution is 7.98. The molecule has 2 aromatic carbocycles. The Kier molecular flexibility index (Phi) is 7.02. The fourth-order valence-corrected chi connectivity index (χ4v) is 4.96. The van der Waals surface area contributed by atoms with Gasteiger partial charge in [0.1, 0.15) is 0 Å². The van der Waals surface area contributed by atoms with Crippen molar-refractivity contribution < 1.29 is 8.42 Å². The van der Waals surface area contributed by atoms with E-state index in [9.17, 15) is 8.42 Å². The molecule has 0 spiro atoms. The smallest absolute Gasteiger partial charge is 0.209 e. The molecule has 148 valence electrons. The Morgan fingerprint density at radius 3 is 2.31 bits per heavy atom. The molecule has 0 aliphatic rings. The summed E-state index contributed by atoms with van der Waals surface area (Å²) in [7, 11) is -3.52. The molecule has 0 bridgehead atoms. The lowest BCUT2D eigenvalue weighted by Gasteiger charge is -2.18. The van der Waals surface area contributed by atoms with Gasteiger partial charge in [-0.1, -0.05) is 60.3 Å². The van der Waals surface area contributed by atoms with Crippen LogP contribution in [0.15, 0.2) is 70.7 Å². The van der Waals surface area contributed by atoms with Crippen molar-refractivity contribution in [2.45, 2.75) is 28.8 Å². The number of nitrogens with zero attached hydrogens (tertiary/aromatic N) is 3. The van der Waals surface area contributed by atoms with Gasteiger partial charge in [-0.25, -0.2) is 13.4 Å². The minimum Gasteiger partial charge on any atom is -0.224 e.